The SMILES string of the molecule is CCOC(=O)c1ccc(-c2ccccn2)nc1. The van der Waals surface area contributed by atoms with Gasteiger partial charge in [-0.2, -0.15) is 0 Å². The van der Waals surface area contributed by atoms with E-state index < -0.39 is 0 Å². The lowest BCUT2D eigenvalue weighted by molar-refractivity contribution is 0.0526. The fourth-order valence-corrected chi connectivity index (χ4v) is 1.39. The second-order valence-corrected chi connectivity index (χ2v) is 3.37. The van der Waals surface area contributed by atoms with Crippen LogP contribution in [0.25, 0.3) is 11.4 Å². The van der Waals surface area contributed by atoms with Crippen LogP contribution in [0.5, 0.6) is 0 Å². The molecule has 86 valence electrons. The van der Waals surface area contributed by atoms with E-state index in [1.165, 1.54) is 6.20 Å². The van der Waals surface area contributed by atoms with Gasteiger partial charge in [-0.3, -0.25) is 9.97 Å². The van der Waals surface area contributed by atoms with E-state index in [2.05, 4.69) is 9.97 Å². The fraction of sp³-hybridized carbons (Fsp3) is 0.154. The van der Waals surface area contributed by atoms with Crippen LogP contribution in [0.1, 0.15) is 17.3 Å². The van der Waals surface area contributed by atoms with Crippen LogP contribution in [-0.4, -0.2) is 22.5 Å². The van der Waals surface area contributed by atoms with Gasteiger partial charge in [0.2, 0.25) is 0 Å². The van der Waals surface area contributed by atoms with Crippen molar-refractivity contribution >= 4 is 5.97 Å². The smallest absolute Gasteiger partial charge is 0.339 e. The standard InChI is InChI=1S/C13H12N2O2/c1-2-17-13(16)10-6-7-12(15-9-10)11-5-3-4-8-14-11/h3-9H,2H2,1H3. The summed E-state index contributed by atoms with van der Waals surface area (Å²) in [6.45, 7) is 2.13. The summed E-state index contributed by atoms with van der Waals surface area (Å²) in [4.78, 5) is 19.8. The molecule has 2 rings (SSSR count). The largest absolute Gasteiger partial charge is 0.462 e. The molecule has 4 heteroatoms. The number of esters is 1. The molecule has 2 aromatic heterocycles. The number of hydrogen-bond donors (Lipinski definition) is 0. The van der Waals surface area contributed by atoms with Crippen molar-refractivity contribution in [1.82, 2.24) is 9.97 Å². The summed E-state index contributed by atoms with van der Waals surface area (Å²) in [5, 5.41) is 0. The van der Waals surface area contributed by atoms with Crippen LogP contribution in [-0.2, 0) is 4.74 Å². The fourth-order valence-electron chi connectivity index (χ4n) is 1.39. The molecule has 2 aromatic rings. The highest BCUT2D eigenvalue weighted by Gasteiger charge is 2.07. The molecule has 0 unspecified atom stereocenters. The Morgan fingerprint density at radius 1 is 1.18 bits per heavy atom. The van der Waals surface area contributed by atoms with E-state index in [1.54, 1.807) is 25.3 Å². The maximum absolute atomic E-state index is 11.4. The van der Waals surface area contributed by atoms with E-state index in [-0.39, 0.29) is 5.97 Å². The van der Waals surface area contributed by atoms with Gasteiger partial charge in [-0.25, -0.2) is 4.79 Å². The molecule has 4 nitrogen and oxygen atoms in total. The molecule has 0 aromatic carbocycles. The topological polar surface area (TPSA) is 52.1 Å². The number of ether oxygens (including phenoxy) is 1. The number of carbonyl (C=O) groups excluding carboxylic acids is 1. The Balaban J connectivity index is 2.22. The molecule has 0 aliphatic rings. The molecule has 0 N–H and O–H groups in total. The summed E-state index contributed by atoms with van der Waals surface area (Å²) in [6.07, 6.45) is 3.21. The number of aromatic nitrogens is 2. The minimum absolute atomic E-state index is 0.354. The summed E-state index contributed by atoms with van der Waals surface area (Å²) < 4.78 is 4.88. The molecule has 0 atom stereocenters. The number of pyridine rings is 2. The first kappa shape index (κ1) is 11.3. The first-order valence-electron chi connectivity index (χ1n) is 5.36. The first-order chi connectivity index (χ1) is 8.31. The molecule has 17 heavy (non-hydrogen) atoms. The molecule has 0 bridgehead atoms. The normalized spacial score (nSPS) is 9.94. The van der Waals surface area contributed by atoms with Crippen molar-refractivity contribution in [3.8, 4) is 11.4 Å². The first-order valence-corrected chi connectivity index (χ1v) is 5.36. The molecule has 0 radical (unpaired) electrons. The molecule has 0 saturated heterocycles. The van der Waals surface area contributed by atoms with Crippen molar-refractivity contribution in [2.75, 3.05) is 6.61 Å². The van der Waals surface area contributed by atoms with E-state index in [0.29, 0.717) is 12.2 Å². The molecule has 0 aliphatic heterocycles. The summed E-state index contributed by atoms with van der Waals surface area (Å²) in [5.41, 5.74) is 1.97. The van der Waals surface area contributed by atoms with Gasteiger partial charge in [-0.05, 0) is 31.2 Å². The molecule has 0 aliphatic carbocycles. The number of carbonyl (C=O) groups is 1. The van der Waals surface area contributed by atoms with Crippen molar-refractivity contribution in [2.24, 2.45) is 0 Å². The van der Waals surface area contributed by atoms with Crippen LogP contribution in [0.3, 0.4) is 0 Å². The van der Waals surface area contributed by atoms with Crippen LogP contribution in [0.15, 0.2) is 42.7 Å². The van der Waals surface area contributed by atoms with Gasteiger partial charge in [0.05, 0.1) is 23.6 Å². The van der Waals surface area contributed by atoms with E-state index in [1.807, 2.05) is 18.2 Å². The Bertz CT molecular complexity index is 495. The molecule has 2 heterocycles. The Hall–Kier alpha value is -2.23. The van der Waals surface area contributed by atoms with Crippen LogP contribution < -0.4 is 0 Å². The van der Waals surface area contributed by atoms with Crippen molar-refractivity contribution in [2.45, 2.75) is 6.92 Å². The van der Waals surface area contributed by atoms with Gasteiger partial charge < -0.3 is 4.74 Å². The van der Waals surface area contributed by atoms with Gasteiger partial charge in [0.25, 0.3) is 0 Å². The average molecular weight is 228 g/mol. The van der Waals surface area contributed by atoms with Crippen molar-refractivity contribution in [1.29, 1.82) is 0 Å². The van der Waals surface area contributed by atoms with Crippen molar-refractivity contribution < 1.29 is 9.53 Å². The second kappa shape index (κ2) is 5.21. The van der Waals surface area contributed by atoms with Crippen LogP contribution >= 0.6 is 0 Å². The van der Waals surface area contributed by atoms with Crippen molar-refractivity contribution in [3.63, 3.8) is 0 Å². The summed E-state index contributed by atoms with van der Waals surface area (Å²) in [5.74, 6) is -0.354. The zero-order chi connectivity index (χ0) is 12.1. The van der Waals surface area contributed by atoms with E-state index in [0.717, 1.165) is 11.4 Å². The highest BCUT2D eigenvalue weighted by atomic mass is 16.5. The summed E-state index contributed by atoms with van der Waals surface area (Å²) in [7, 11) is 0. The van der Waals surface area contributed by atoms with Crippen molar-refractivity contribution in [3.05, 3.63) is 48.3 Å². The Morgan fingerprint density at radius 2 is 2.00 bits per heavy atom. The quantitative estimate of drug-likeness (QED) is 0.756. The van der Waals surface area contributed by atoms with E-state index >= 15 is 0 Å². The van der Waals surface area contributed by atoms with Gasteiger partial charge in [-0.15, -0.1) is 0 Å². The maximum atomic E-state index is 11.4. The minimum atomic E-state index is -0.354. The second-order valence-electron chi connectivity index (χ2n) is 3.37. The molecule has 0 amide bonds. The third-order valence-electron chi connectivity index (χ3n) is 2.20. The Morgan fingerprint density at radius 3 is 2.59 bits per heavy atom. The molecular formula is C13H12N2O2. The lowest BCUT2D eigenvalue weighted by Crippen LogP contribution is -2.05. The lowest BCUT2D eigenvalue weighted by atomic mass is 10.2. The van der Waals surface area contributed by atoms with E-state index in [9.17, 15) is 4.79 Å². The summed E-state index contributed by atoms with van der Waals surface area (Å²) >= 11 is 0. The van der Waals surface area contributed by atoms with Gasteiger partial charge in [0.1, 0.15) is 0 Å². The number of nitrogens with zero attached hydrogens (tertiary/aromatic N) is 2. The zero-order valence-electron chi connectivity index (χ0n) is 9.46. The molecule has 0 saturated carbocycles. The van der Waals surface area contributed by atoms with Gasteiger partial charge in [0.15, 0.2) is 0 Å². The number of hydrogen-bond acceptors (Lipinski definition) is 4. The number of rotatable bonds is 3. The third kappa shape index (κ3) is 2.66. The van der Waals surface area contributed by atoms with Crippen LogP contribution in [0.4, 0.5) is 0 Å². The molecular weight excluding hydrogens is 216 g/mol. The lowest BCUT2D eigenvalue weighted by Gasteiger charge is -2.02. The predicted octanol–water partition coefficient (Wildman–Crippen LogP) is 2.32. The Labute approximate surface area is 99.3 Å². The third-order valence-corrected chi connectivity index (χ3v) is 2.20. The molecule has 0 spiro atoms. The predicted molar refractivity (Wildman–Crippen MR) is 63.4 cm³/mol. The van der Waals surface area contributed by atoms with Crippen LogP contribution in [0, 0.1) is 0 Å². The summed E-state index contributed by atoms with van der Waals surface area (Å²) in [6, 6.07) is 9.05. The van der Waals surface area contributed by atoms with Gasteiger partial charge in [-0.1, -0.05) is 6.07 Å². The highest BCUT2D eigenvalue weighted by Crippen LogP contribution is 2.13. The Kier molecular flexibility index (Phi) is 3.45. The van der Waals surface area contributed by atoms with Gasteiger partial charge in [0, 0.05) is 12.4 Å². The molecule has 0 fully saturated rings. The highest BCUT2D eigenvalue weighted by molar-refractivity contribution is 5.89. The monoisotopic (exact) mass is 228 g/mol. The minimum Gasteiger partial charge on any atom is -0.462 e. The maximum Gasteiger partial charge on any atom is 0.339 e. The zero-order valence-corrected chi connectivity index (χ0v) is 9.46. The van der Waals surface area contributed by atoms with E-state index in [4.69, 9.17) is 4.74 Å². The van der Waals surface area contributed by atoms with Crippen LogP contribution in [0.2, 0.25) is 0 Å². The average Bonchev–Trinajstić information content (AvgIpc) is 2.40. The van der Waals surface area contributed by atoms with Gasteiger partial charge >= 0.3 is 5.97 Å².